The van der Waals surface area contributed by atoms with Gasteiger partial charge in [0.1, 0.15) is 17.9 Å². The van der Waals surface area contributed by atoms with Crippen molar-refractivity contribution in [3.8, 4) is 11.6 Å². The number of ether oxygens (including phenoxy) is 1. The highest BCUT2D eigenvalue weighted by molar-refractivity contribution is 5.89. The van der Waals surface area contributed by atoms with E-state index in [9.17, 15) is 4.79 Å². The van der Waals surface area contributed by atoms with Gasteiger partial charge in [0.2, 0.25) is 5.95 Å². The number of benzene rings is 2. The Morgan fingerprint density at radius 3 is 2.83 bits per heavy atom. The molecular formula is C26H29N7O2. The van der Waals surface area contributed by atoms with Crippen LogP contribution in [-0.4, -0.2) is 57.2 Å². The number of imidazole rings is 1. The summed E-state index contributed by atoms with van der Waals surface area (Å²) in [6.07, 6.45) is 6.58. The second-order valence-electron chi connectivity index (χ2n) is 8.67. The predicted molar refractivity (Wildman–Crippen MR) is 136 cm³/mol. The van der Waals surface area contributed by atoms with Crippen LogP contribution in [0.5, 0.6) is 5.75 Å². The molecule has 0 saturated carbocycles. The summed E-state index contributed by atoms with van der Waals surface area (Å²) in [7, 11) is 1.63. The van der Waals surface area contributed by atoms with Gasteiger partial charge in [0.15, 0.2) is 0 Å². The molecule has 0 radical (unpaired) electrons. The number of hydrogen-bond acceptors (Lipinski definition) is 6. The first-order chi connectivity index (χ1) is 17.2. The number of nitrogens with one attached hydrogen (secondary N) is 2. The van der Waals surface area contributed by atoms with E-state index >= 15 is 0 Å². The highest BCUT2D eigenvalue weighted by Crippen LogP contribution is 2.22. The Hall–Kier alpha value is -4.14. The number of fused-ring (bicyclic) bond motifs is 1. The molecule has 2 aromatic carbocycles. The van der Waals surface area contributed by atoms with Crippen LogP contribution in [-0.2, 0) is 0 Å². The Morgan fingerprint density at radius 1 is 1.11 bits per heavy atom. The normalized spacial score (nSPS) is 15.7. The lowest BCUT2D eigenvalue weighted by Gasteiger charge is -2.32. The van der Waals surface area contributed by atoms with Crippen molar-refractivity contribution < 1.29 is 9.53 Å². The summed E-state index contributed by atoms with van der Waals surface area (Å²) in [5.74, 6) is 2.56. The molecule has 4 aromatic rings. The number of carbonyl (C=O) groups excluding carboxylic acids is 1. The molecule has 5 rings (SSSR count). The summed E-state index contributed by atoms with van der Waals surface area (Å²) in [4.78, 5) is 28.1. The molecule has 1 aliphatic rings. The molecule has 9 heteroatoms. The Kier molecular flexibility index (Phi) is 6.74. The summed E-state index contributed by atoms with van der Waals surface area (Å²) >= 11 is 0. The topological polar surface area (TPSA) is 97.2 Å². The third-order valence-corrected chi connectivity index (χ3v) is 6.32. The van der Waals surface area contributed by atoms with Crippen LogP contribution >= 0.6 is 0 Å². The van der Waals surface area contributed by atoms with Crippen LogP contribution in [0, 0.1) is 5.92 Å². The molecule has 35 heavy (non-hydrogen) atoms. The van der Waals surface area contributed by atoms with E-state index in [2.05, 4.69) is 25.6 Å². The highest BCUT2D eigenvalue weighted by Gasteiger charge is 2.23. The zero-order valence-corrected chi connectivity index (χ0v) is 19.7. The monoisotopic (exact) mass is 471 g/mol. The first-order valence-corrected chi connectivity index (χ1v) is 11.9. The average Bonchev–Trinajstić information content (AvgIpc) is 3.34. The van der Waals surface area contributed by atoms with Crippen LogP contribution < -0.4 is 15.4 Å². The summed E-state index contributed by atoms with van der Waals surface area (Å²) in [6.45, 7) is 2.26. The lowest BCUT2D eigenvalue weighted by Crippen LogP contribution is -2.42. The van der Waals surface area contributed by atoms with Gasteiger partial charge in [0.25, 0.3) is 0 Å². The molecule has 1 aliphatic heterocycles. The van der Waals surface area contributed by atoms with Crippen molar-refractivity contribution in [3.63, 3.8) is 0 Å². The van der Waals surface area contributed by atoms with Crippen LogP contribution in [0.15, 0.2) is 67.1 Å². The van der Waals surface area contributed by atoms with Gasteiger partial charge in [-0.15, -0.1) is 0 Å². The fourth-order valence-electron chi connectivity index (χ4n) is 4.46. The molecule has 3 heterocycles. The third-order valence-electron chi connectivity index (χ3n) is 6.32. The van der Waals surface area contributed by atoms with E-state index in [-0.39, 0.29) is 6.03 Å². The highest BCUT2D eigenvalue weighted by atomic mass is 16.5. The second kappa shape index (κ2) is 10.4. The Bertz CT molecular complexity index is 1290. The van der Waals surface area contributed by atoms with Gasteiger partial charge < -0.3 is 20.3 Å². The number of rotatable bonds is 7. The van der Waals surface area contributed by atoms with E-state index in [0.717, 1.165) is 67.2 Å². The number of carbonyl (C=O) groups is 1. The van der Waals surface area contributed by atoms with Crippen molar-refractivity contribution in [1.82, 2.24) is 24.4 Å². The van der Waals surface area contributed by atoms with Crippen LogP contribution in [0.25, 0.3) is 16.9 Å². The minimum absolute atomic E-state index is 0.0589. The number of para-hydroxylation sites is 2. The van der Waals surface area contributed by atoms with Gasteiger partial charge in [0, 0.05) is 31.5 Å². The van der Waals surface area contributed by atoms with E-state index in [1.165, 1.54) is 0 Å². The summed E-state index contributed by atoms with van der Waals surface area (Å²) in [5.41, 5.74) is 2.70. The quantitative estimate of drug-likeness (QED) is 0.410. The van der Waals surface area contributed by atoms with Gasteiger partial charge in [-0.25, -0.2) is 14.8 Å². The Labute approximate surface area is 204 Å². The third kappa shape index (κ3) is 5.34. The molecule has 2 N–H and O–H groups in total. The van der Waals surface area contributed by atoms with E-state index < -0.39 is 0 Å². The predicted octanol–water partition coefficient (Wildman–Crippen LogP) is 4.57. The first-order valence-electron chi connectivity index (χ1n) is 11.9. The minimum Gasteiger partial charge on any atom is -0.497 e. The molecule has 0 aliphatic carbocycles. The van der Waals surface area contributed by atoms with Crippen molar-refractivity contribution in [2.45, 2.75) is 19.3 Å². The van der Waals surface area contributed by atoms with E-state index in [4.69, 9.17) is 4.74 Å². The SMILES string of the molecule is COc1ccc(NC(=O)N2CCCC(CCNc3nccc(-n4cnc5ccccc54)n3)C2)cc1. The van der Waals surface area contributed by atoms with Crippen molar-refractivity contribution in [2.24, 2.45) is 5.92 Å². The zero-order chi connectivity index (χ0) is 24.0. The fourth-order valence-corrected chi connectivity index (χ4v) is 4.46. The number of likely N-dealkylation sites (tertiary alicyclic amines) is 1. The molecule has 0 bridgehead atoms. The molecule has 2 amide bonds. The summed E-state index contributed by atoms with van der Waals surface area (Å²) in [5, 5.41) is 6.34. The number of anilines is 2. The number of hydrogen-bond donors (Lipinski definition) is 2. The molecule has 0 spiro atoms. The first kappa shape index (κ1) is 22.6. The van der Waals surface area contributed by atoms with Crippen LogP contribution in [0.2, 0.25) is 0 Å². The number of nitrogens with zero attached hydrogens (tertiary/aromatic N) is 5. The van der Waals surface area contributed by atoms with Crippen LogP contribution in [0.1, 0.15) is 19.3 Å². The van der Waals surface area contributed by atoms with Crippen LogP contribution in [0.3, 0.4) is 0 Å². The Morgan fingerprint density at radius 2 is 1.97 bits per heavy atom. The molecular weight excluding hydrogens is 442 g/mol. The molecule has 9 nitrogen and oxygen atoms in total. The van der Waals surface area contributed by atoms with E-state index in [1.807, 2.05) is 64.1 Å². The zero-order valence-electron chi connectivity index (χ0n) is 19.7. The standard InChI is InChI=1S/C26H29N7O2/c1-35-21-10-8-20(9-11-21)30-26(34)32-16-4-5-19(17-32)12-14-27-25-28-15-13-24(31-25)33-18-29-22-6-2-3-7-23(22)33/h2-3,6-11,13,15,18-19H,4-5,12,14,16-17H2,1H3,(H,30,34)(H,27,28,31). The van der Waals surface area contributed by atoms with Gasteiger partial charge in [0.05, 0.1) is 18.1 Å². The van der Waals surface area contributed by atoms with Crippen molar-refractivity contribution in [3.05, 3.63) is 67.1 Å². The van der Waals surface area contributed by atoms with Crippen molar-refractivity contribution in [2.75, 3.05) is 37.4 Å². The lowest BCUT2D eigenvalue weighted by atomic mass is 9.95. The maximum atomic E-state index is 12.7. The molecule has 1 atom stereocenters. The summed E-state index contributed by atoms with van der Waals surface area (Å²) in [6, 6.07) is 17.2. The van der Waals surface area contributed by atoms with Gasteiger partial charge in [-0.2, -0.15) is 4.98 Å². The molecule has 1 unspecified atom stereocenters. The fraction of sp³-hybridized carbons (Fsp3) is 0.308. The average molecular weight is 472 g/mol. The molecule has 2 aromatic heterocycles. The van der Waals surface area contributed by atoms with Gasteiger partial charge >= 0.3 is 6.03 Å². The Balaban J connectivity index is 1.14. The van der Waals surface area contributed by atoms with E-state index in [1.54, 1.807) is 19.6 Å². The largest absolute Gasteiger partial charge is 0.497 e. The smallest absolute Gasteiger partial charge is 0.321 e. The van der Waals surface area contributed by atoms with Gasteiger partial charge in [-0.1, -0.05) is 12.1 Å². The maximum absolute atomic E-state index is 12.7. The molecule has 1 saturated heterocycles. The minimum atomic E-state index is -0.0589. The number of urea groups is 1. The number of piperidine rings is 1. The lowest BCUT2D eigenvalue weighted by molar-refractivity contribution is 0.175. The van der Waals surface area contributed by atoms with Crippen molar-refractivity contribution in [1.29, 1.82) is 0 Å². The molecule has 180 valence electrons. The maximum Gasteiger partial charge on any atom is 0.321 e. The van der Waals surface area contributed by atoms with Gasteiger partial charge in [-0.05, 0) is 67.6 Å². The number of aromatic nitrogens is 4. The summed E-state index contributed by atoms with van der Waals surface area (Å²) < 4.78 is 7.14. The number of amides is 2. The van der Waals surface area contributed by atoms with E-state index in [0.29, 0.717) is 11.9 Å². The van der Waals surface area contributed by atoms with Crippen molar-refractivity contribution >= 4 is 28.7 Å². The van der Waals surface area contributed by atoms with Crippen LogP contribution in [0.4, 0.5) is 16.4 Å². The molecule has 1 fully saturated rings. The number of methoxy groups -OCH3 is 1. The van der Waals surface area contributed by atoms with Gasteiger partial charge in [-0.3, -0.25) is 4.57 Å². The second-order valence-corrected chi connectivity index (χ2v) is 8.67.